The standard InChI is InChI=1S/C14H11ClN2O5S/c1-8-2-5-12(23-8)14(19)22-7-13(18)16-10-6-9(15)3-4-11(10)17(20)21/h2-6H,7H2,1H3,(H,16,18). The third kappa shape index (κ3) is 4.51. The minimum Gasteiger partial charge on any atom is -0.451 e. The molecule has 23 heavy (non-hydrogen) atoms. The van der Waals surface area contributed by atoms with Crippen LogP contribution in [0.1, 0.15) is 14.5 Å². The SMILES string of the molecule is Cc1ccc(C(=O)OCC(=O)Nc2cc(Cl)ccc2[N+](=O)[O-])s1. The topological polar surface area (TPSA) is 98.5 Å². The van der Waals surface area contributed by atoms with Gasteiger partial charge in [0.05, 0.1) is 4.92 Å². The Balaban J connectivity index is 1.99. The van der Waals surface area contributed by atoms with Crippen LogP contribution in [-0.4, -0.2) is 23.4 Å². The molecule has 0 radical (unpaired) electrons. The van der Waals surface area contributed by atoms with Crippen molar-refractivity contribution in [1.29, 1.82) is 0 Å². The Morgan fingerprint density at radius 3 is 2.70 bits per heavy atom. The minimum atomic E-state index is -0.697. The fourth-order valence-electron chi connectivity index (χ4n) is 1.70. The predicted octanol–water partition coefficient (Wildman–Crippen LogP) is 3.41. The maximum absolute atomic E-state index is 11.8. The molecular weight excluding hydrogens is 344 g/mol. The molecule has 0 saturated carbocycles. The number of nitro groups is 1. The molecule has 7 nitrogen and oxygen atoms in total. The van der Waals surface area contributed by atoms with Crippen LogP contribution < -0.4 is 5.32 Å². The maximum Gasteiger partial charge on any atom is 0.348 e. The molecule has 9 heteroatoms. The zero-order chi connectivity index (χ0) is 17.0. The highest BCUT2D eigenvalue weighted by molar-refractivity contribution is 7.13. The lowest BCUT2D eigenvalue weighted by Crippen LogP contribution is -2.21. The van der Waals surface area contributed by atoms with Gasteiger partial charge in [-0.3, -0.25) is 14.9 Å². The molecule has 1 amide bonds. The van der Waals surface area contributed by atoms with E-state index in [1.807, 2.05) is 6.92 Å². The van der Waals surface area contributed by atoms with Crippen molar-refractivity contribution in [2.24, 2.45) is 0 Å². The number of rotatable bonds is 5. The largest absolute Gasteiger partial charge is 0.451 e. The summed E-state index contributed by atoms with van der Waals surface area (Å²) in [7, 11) is 0. The lowest BCUT2D eigenvalue weighted by Gasteiger charge is -2.07. The Hall–Kier alpha value is -2.45. The number of halogens is 1. The predicted molar refractivity (Wildman–Crippen MR) is 86.1 cm³/mol. The Morgan fingerprint density at radius 2 is 2.09 bits per heavy atom. The van der Waals surface area contributed by atoms with Gasteiger partial charge < -0.3 is 10.1 Å². The van der Waals surface area contributed by atoms with Gasteiger partial charge in [-0.1, -0.05) is 11.6 Å². The molecule has 0 bridgehead atoms. The summed E-state index contributed by atoms with van der Waals surface area (Å²) in [5.41, 5.74) is -0.363. The first kappa shape index (κ1) is 16.9. The number of nitrogens with one attached hydrogen (secondary N) is 1. The first-order valence-corrected chi connectivity index (χ1v) is 7.53. The van der Waals surface area contributed by atoms with Gasteiger partial charge in [0.15, 0.2) is 6.61 Å². The minimum absolute atomic E-state index is 0.0597. The summed E-state index contributed by atoms with van der Waals surface area (Å²) < 4.78 is 4.86. The first-order chi connectivity index (χ1) is 10.9. The van der Waals surface area contributed by atoms with Crippen LogP contribution in [0.4, 0.5) is 11.4 Å². The van der Waals surface area contributed by atoms with Crippen molar-refractivity contribution in [3.63, 3.8) is 0 Å². The van der Waals surface area contributed by atoms with Crippen LogP contribution in [0, 0.1) is 17.0 Å². The summed E-state index contributed by atoms with van der Waals surface area (Å²) in [6.45, 7) is 1.28. The van der Waals surface area contributed by atoms with Gasteiger partial charge in [-0.25, -0.2) is 4.79 Å². The second kappa shape index (κ2) is 7.21. The van der Waals surface area contributed by atoms with Gasteiger partial charge in [-0.05, 0) is 31.2 Å². The molecule has 1 aromatic heterocycles. The quantitative estimate of drug-likeness (QED) is 0.504. The zero-order valence-corrected chi connectivity index (χ0v) is 13.4. The second-order valence-electron chi connectivity index (χ2n) is 4.45. The summed E-state index contributed by atoms with van der Waals surface area (Å²) in [5.74, 6) is -1.32. The van der Waals surface area contributed by atoms with Gasteiger partial charge in [0.1, 0.15) is 10.6 Å². The van der Waals surface area contributed by atoms with Gasteiger partial charge in [0.25, 0.3) is 11.6 Å². The number of ether oxygens (including phenoxy) is 1. The van der Waals surface area contributed by atoms with Crippen LogP contribution in [-0.2, 0) is 9.53 Å². The monoisotopic (exact) mass is 354 g/mol. The van der Waals surface area contributed by atoms with Crippen LogP contribution in [0.25, 0.3) is 0 Å². The van der Waals surface area contributed by atoms with E-state index in [1.54, 1.807) is 12.1 Å². The number of nitro benzene ring substituents is 1. The molecule has 0 fully saturated rings. The summed E-state index contributed by atoms with van der Waals surface area (Å²) >= 11 is 7.00. The number of hydrogen-bond donors (Lipinski definition) is 1. The number of esters is 1. The molecule has 2 rings (SSSR count). The molecular formula is C14H11ClN2O5S. The van der Waals surface area contributed by atoms with Crippen LogP contribution >= 0.6 is 22.9 Å². The van der Waals surface area contributed by atoms with E-state index in [-0.39, 0.29) is 16.4 Å². The summed E-state index contributed by atoms with van der Waals surface area (Å²) in [6.07, 6.45) is 0. The van der Waals surface area contributed by atoms with E-state index >= 15 is 0 Å². The van der Waals surface area contributed by atoms with Gasteiger partial charge in [-0.15, -0.1) is 11.3 Å². The number of nitrogens with zero attached hydrogens (tertiary/aromatic N) is 1. The lowest BCUT2D eigenvalue weighted by molar-refractivity contribution is -0.383. The molecule has 0 saturated heterocycles. The average Bonchev–Trinajstić information content (AvgIpc) is 2.91. The number of thiophene rings is 1. The number of anilines is 1. The number of benzene rings is 1. The van der Waals surface area contributed by atoms with E-state index in [0.29, 0.717) is 4.88 Å². The Morgan fingerprint density at radius 1 is 1.35 bits per heavy atom. The van der Waals surface area contributed by atoms with Crippen molar-refractivity contribution in [2.75, 3.05) is 11.9 Å². The molecule has 2 aromatic rings. The third-order valence-electron chi connectivity index (χ3n) is 2.71. The molecule has 120 valence electrons. The Labute approximate surface area is 140 Å². The van der Waals surface area contributed by atoms with Crippen LogP contribution in [0.5, 0.6) is 0 Å². The van der Waals surface area contributed by atoms with Crippen molar-refractivity contribution >= 4 is 46.2 Å². The number of aryl methyl sites for hydroxylation is 1. The highest BCUT2D eigenvalue weighted by atomic mass is 35.5. The van der Waals surface area contributed by atoms with Crippen LogP contribution in [0.15, 0.2) is 30.3 Å². The number of carbonyl (C=O) groups is 2. The van der Waals surface area contributed by atoms with Crippen LogP contribution in [0.2, 0.25) is 5.02 Å². The van der Waals surface area contributed by atoms with Gasteiger partial charge >= 0.3 is 5.97 Å². The van der Waals surface area contributed by atoms with E-state index < -0.39 is 23.4 Å². The second-order valence-corrected chi connectivity index (χ2v) is 6.18. The maximum atomic E-state index is 11.8. The molecule has 1 aromatic carbocycles. The summed E-state index contributed by atoms with van der Waals surface area (Å²) in [5, 5.41) is 13.4. The molecule has 0 aliphatic carbocycles. The number of amides is 1. The van der Waals surface area contributed by atoms with Crippen LogP contribution in [0.3, 0.4) is 0 Å². The normalized spacial score (nSPS) is 10.2. The van der Waals surface area contributed by atoms with Crippen molar-refractivity contribution < 1.29 is 19.2 Å². The van der Waals surface area contributed by atoms with E-state index in [0.717, 1.165) is 4.88 Å². The smallest absolute Gasteiger partial charge is 0.348 e. The van der Waals surface area contributed by atoms with E-state index in [1.165, 1.54) is 29.5 Å². The Kier molecular flexibility index (Phi) is 5.30. The fourth-order valence-corrected chi connectivity index (χ4v) is 2.63. The summed E-state index contributed by atoms with van der Waals surface area (Å²) in [6, 6.07) is 7.13. The number of hydrogen-bond acceptors (Lipinski definition) is 6. The molecule has 0 aliphatic heterocycles. The molecule has 1 heterocycles. The van der Waals surface area contributed by atoms with Gasteiger partial charge in [0, 0.05) is 16.0 Å². The van der Waals surface area contributed by atoms with Crippen molar-refractivity contribution in [1.82, 2.24) is 0 Å². The third-order valence-corrected chi connectivity index (χ3v) is 3.92. The van der Waals surface area contributed by atoms with E-state index in [4.69, 9.17) is 16.3 Å². The van der Waals surface area contributed by atoms with Gasteiger partial charge in [-0.2, -0.15) is 0 Å². The summed E-state index contributed by atoms with van der Waals surface area (Å²) in [4.78, 5) is 35.1. The lowest BCUT2D eigenvalue weighted by atomic mass is 10.2. The van der Waals surface area contributed by atoms with Gasteiger partial charge in [0.2, 0.25) is 0 Å². The molecule has 0 atom stereocenters. The van der Waals surface area contributed by atoms with Crippen molar-refractivity contribution in [3.05, 3.63) is 55.2 Å². The molecule has 0 aliphatic rings. The molecule has 0 unspecified atom stereocenters. The van der Waals surface area contributed by atoms with E-state index in [2.05, 4.69) is 5.32 Å². The Bertz CT molecular complexity index is 774. The van der Waals surface area contributed by atoms with E-state index in [9.17, 15) is 19.7 Å². The highest BCUT2D eigenvalue weighted by Crippen LogP contribution is 2.27. The van der Waals surface area contributed by atoms with Crippen molar-refractivity contribution in [2.45, 2.75) is 6.92 Å². The average molecular weight is 355 g/mol. The zero-order valence-electron chi connectivity index (χ0n) is 11.9. The fraction of sp³-hybridized carbons (Fsp3) is 0.143. The highest BCUT2D eigenvalue weighted by Gasteiger charge is 2.17. The van der Waals surface area contributed by atoms with Crippen molar-refractivity contribution in [3.8, 4) is 0 Å². The first-order valence-electron chi connectivity index (χ1n) is 6.34. The number of carbonyl (C=O) groups excluding carboxylic acids is 2. The molecule has 0 spiro atoms. The molecule has 1 N–H and O–H groups in total.